The molecule has 2 nitrogen and oxygen atoms in total. The Morgan fingerprint density at radius 2 is 1.75 bits per heavy atom. The van der Waals surface area contributed by atoms with E-state index in [9.17, 15) is 0 Å². The predicted octanol–water partition coefficient (Wildman–Crippen LogP) is 3.54. The monoisotopic (exact) mass is 269 g/mol. The molecular formula is C18H23NO. The summed E-state index contributed by atoms with van der Waals surface area (Å²) in [5.41, 5.74) is 8.83. The second-order valence-electron chi connectivity index (χ2n) is 7.00. The van der Waals surface area contributed by atoms with Gasteiger partial charge in [0.05, 0.1) is 13.2 Å². The van der Waals surface area contributed by atoms with Crippen molar-refractivity contribution >= 4 is 10.8 Å². The van der Waals surface area contributed by atoms with Gasteiger partial charge in [0.2, 0.25) is 0 Å². The summed E-state index contributed by atoms with van der Waals surface area (Å²) in [5, 5.41) is 2.60. The lowest BCUT2D eigenvalue weighted by atomic mass is 9.70. The van der Waals surface area contributed by atoms with E-state index in [-0.39, 0.29) is 11.0 Å². The van der Waals surface area contributed by atoms with Crippen molar-refractivity contribution in [1.29, 1.82) is 0 Å². The zero-order valence-corrected chi connectivity index (χ0v) is 12.6. The molecular weight excluding hydrogens is 246 g/mol. The van der Waals surface area contributed by atoms with Gasteiger partial charge in [0, 0.05) is 11.0 Å². The average Bonchev–Trinajstić information content (AvgIpc) is 2.32. The van der Waals surface area contributed by atoms with Gasteiger partial charge in [-0.15, -0.1) is 0 Å². The lowest BCUT2D eigenvalue weighted by Gasteiger charge is -2.45. The number of hydrogen-bond acceptors (Lipinski definition) is 2. The molecule has 2 aromatic rings. The average molecular weight is 269 g/mol. The van der Waals surface area contributed by atoms with Crippen LogP contribution in [0.15, 0.2) is 36.4 Å². The first-order chi connectivity index (χ1) is 9.38. The minimum Gasteiger partial charge on any atom is -0.379 e. The topological polar surface area (TPSA) is 35.2 Å². The SMILES string of the molecule is Cc1ccc2cc(C3(CC(C)(C)N)COC3)ccc2c1. The molecule has 0 aliphatic carbocycles. The Hall–Kier alpha value is -1.38. The van der Waals surface area contributed by atoms with Crippen LogP contribution in [0.1, 0.15) is 31.4 Å². The van der Waals surface area contributed by atoms with Crippen LogP contribution >= 0.6 is 0 Å². The van der Waals surface area contributed by atoms with Crippen LogP contribution in [-0.4, -0.2) is 18.8 Å². The molecule has 0 radical (unpaired) electrons. The first-order valence-corrected chi connectivity index (χ1v) is 7.26. The molecule has 0 atom stereocenters. The molecule has 0 unspecified atom stereocenters. The van der Waals surface area contributed by atoms with E-state index in [1.165, 1.54) is 21.9 Å². The van der Waals surface area contributed by atoms with Gasteiger partial charge in [-0.2, -0.15) is 0 Å². The minimum absolute atomic E-state index is 0.0946. The minimum atomic E-state index is -0.175. The van der Waals surface area contributed by atoms with Crippen LogP contribution in [0, 0.1) is 6.92 Å². The fourth-order valence-corrected chi connectivity index (χ4v) is 3.29. The molecule has 2 aromatic carbocycles. The maximum Gasteiger partial charge on any atom is 0.0586 e. The molecule has 1 saturated heterocycles. The fraction of sp³-hybridized carbons (Fsp3) is 0.444. The Morgan fingerprint density at radius 3 is 2.35 bits per heavy atom. The third kappa shape index (κ3) is 2.46. The highest BCUT2D eigenvalue weighted by Gasteiger charge is 2.43. The third-order valence-corrected chi connectivity index (χ3v) is 4.16. The van der Waals surface area contributed by atoms with Crippen molar-refractivity contribution in [1.82, 2.24) is 0 Å². The number of ether oxygens (including phenoxy) is 1. The van der Waals surface area contributed by atoms with Crippen LogP contribution in [0.5, 0.6) is 0 Å². The van der Waals surface area contributed by atoms with E-state index in [4.69, 9.17) is 10.5 Å². The highest BCUT2D eigenvalue weighted by atomic mass is 16.5. The van der Waals surface area contributed by atoms with Crippen molar-refractivity contribution in [3.8, 4) is 0 Å². The van der Waals surface area contributed by atoms with Crippen molar-refractivity contribution in [2.75, 3.05) is 13.2 Å². The molecule has 1 fully saturated rings. The van der Waals surface area contributed by atoms with Crippen molar-refractivity contribution < 1.29 is 4.74 Å². The molecule has 0 bridgehead atoms. The number of fused-ring (bicyclic) bond motifs is 1. The van der Waals surface area contributed by atoms with Crippen molar-refractivity contribution in [3.05, 3.63) is 47.5 Å². The molecule has 0 saturated carbocycles. The van der Waals surface area contributed by atoms with E-state index in [1.54, 1.807) is 0 Å². The van der Waals surface area contributed by atoms with Crippen LogP contribution in [0.25, 0.3) is 10.8 Å². The number of rotatable bonds is 3. The summed E-state index contributed by atoms with van der Waals surface area (Å²) in [4.78, 5) is 0. The summed E-state index contributed by atoms with van der Waals surface area (Å²) >= 11 is 0. The van der Waals surface area contributed by atoms with E-state index in [0.29, 0.717) is 0 Å². The van der Waals surface area contributed by atoms with E-state index in [1.807, 2.05) is 0 Å². The zero-order chi connectivity index (χ0) is 14.4. The van der Waals surface area contributed by atoms with Gasteiger partial charge in [-0.1, -0.05) is 42.0 Å². The van der Waals surface area contributed by atoms with Gasteiger partial charge in [-0.25, -0.2) is 0 Å². The Bertz CT molecular complexity index is 635. The maximum absolute atomic E-state index is 6.25. The fourth-order valence-electron chi connectivity index (χ4n) is 3.29. The van der Waals surface area contributed by atoms with Crippen molar-refractivity contribution in [2.24, 2.45) is 5.73 Å². The molecule has 1 aliphatic heterocycles. The van der Waals surface area contributed by atoms with Gasteiger partial charge in [-0.05, 0) is 43.5 Å². The number of benzene rings is 2. The van der Waals surface area contributed by atoms with Gasteiger partial charge in [-0.3, -0.25) is 0 Å². The number of nitrogens with two attached hydrogens (primary N) is 1. The first kappa shape index (κ1) is 13.6. The first-order valence-electron chi connectivity index (χ1n) is 7.26. The highest BCUT2D eigenvalue weighted by Crippen LogP contribution is 2.39. The number of aryl methyl sites for hydroxylation is 1. The largest absolute Gasteiger partial charge is 0.379 e. The quantitative estimate of drug-likeness (QED) is 0.925. The molecule has 1 aliphatic rings. The highest BCUT2D eigenvalue weighted by molar-refractivity contribution is 5.84. The van der Waals surface area contributed by atoms with E-state index >= 15 is 0 Å². The van der Waals surface area contributed by atoms with E-state index in [0.717, 1.165) is 19.6 Å². The van der Waals surface area contributed by atoms with Crippen LogP contribution < -0.4 is 5.73 Å². The van der Waals surface area contributed by atoms with Crippen LogP contribution in [-0.2, 0) is 10.2 Å². The van der Waals surface area contributed by atoms with Crippen LogP contribution in [0.2, 0.25) is 0 Å². The van der Waals surface area contributed by atoms with Gasteiger partial charge in [0.1, 0.15) is 0 Å². The molecule has 106 valence electrons. The second-order valence-corrected chi connectivity index (χ2v) is 7.00. The van der Waals surface area contributed by atoms with Crippen LogP contribution in [0.3, 0.4) is 0 Å². The smallest absolute Gasteiger partial charge is 0.0586 e. The second kappa shape index (κ2) is 4.57. The Kier molecular flexibility index (Phi) is 3.11. The zero-order valence-electron chi connectivity index (χ0n) is 12.6. The molecule has 0 amide bonds. The molecule has 0 spiro atoms. The molecule has 3 rings (SSSR count). The Balaban J connectivity index is 2.02. The molecule has 0 aromatic heterocycles. The molecule has 2 N–H and O–H groups in total. The summed E-state index contributed by atoms with van der Waals surface area (Å²) in [6, 6.07) is 13.4. The molecule has 2 heteroatoms. The summed E-state index contributed by atoms with van der Waals surface area (Å²) in [6.45, 7) is 7.89. The van der Waals surface area contributed by atoms with Gasteiger partial charge >= 0.3 is 0 Å². The third-order valence-electron chi connectivity index (χ3n) is 4.16. The Morgan fingerprint density at radius 1 is 1.10 bits per heavy atom. The molecule has 20 heavy (non-hydrogen) atoms. The summed E-state index contributed by atoms with van der Waals surface area (Å²) < 4.78 is 5.51. The molecule has 1 heterocycles. The van der Waals surface area contributed by atoms with Crippen molar-refractivity contribution in [2.45, 2.75) is 38.1 Å². The van der Waals surface area contributed by atoms with Gasteiger partial charge < -0.3 is 10.5 Å². The van der Waals surface area contributed by atoms with Crippen LogP contribution in [0.4, 0.5) is 0 Å². The summed E-state index contributed by atoms with van der Waals surface area (Å²) in [7, 11) is 0. The van der Waals surface area contributed by atoms with E-state index < -0.39 is 0 Å². The summed E-state index contributed by atoms with van der Waals surface area (Å²) in [6.07, 6.45) is 0.956. The van der Waals surface area contributed by atoms with E-state index in [2.05, 4.69) is 57.2 Å². The predicted molar refractivity (Wildman–Crippen MR) is 84.1 cm³/mol. The Labute approximate surface area is 120 Å². The maximum atomic E-state index is 6.25. The lowest BCUT2D eigenvalue weighted by Crippen LogP contribution is -2.53. The van der Waals surface area contributed by atoms with Gasteiger partial charge in [0.15, 0.2) is 0 Å². The van der Waals surface area contributed by atoms with Crippen molar-refractivity contribution in [3.63, 3.8) is 0 Å². The number of hydrogen-bond donors (Lipinski definition) is 1. The normalized spacial score (nSPS) is 18.0. The van der Waals surface area contributed by atoms with Gasteiger partial charge in [0.25, 0.3) is 0 Å². The summed E-state index contributed by atoms with van der Waals surface area (Å²) in [5.74, 6) is 0. The lowest BCUT2D eigenvalue weighted by molar-refractivity contribution is -0.0718. The standard InChI is InChI=1S/C18H23NO/c1-13-4-5-15-9-16(7-6-14(15)8-13)18(11-20-12-18)10-17(2,3)19/h4-9H,10-12,19H2,1-3H3.